The molecule has 1 aliphatic rings. The van der Waals surface area contributed by atoms with Gasteiger partial charge in [-0.15, -0.1) is 0 Å². The smallest absolute Gasteiger partial charge is 0.327 e. The number of rotatable bonds is 12. The van der Waals surface area contributed by atoms with Crippen molar-refractivity contribution in [2.45, 2.75) is 58.0 Å². The number of methoxy groups -OCH3 is 1. The van der Waals surface area contributed by atoms with E-state index >= 15 is 0 Å². The van der Waals surface area contributed by atoms with Crippen LogP contribution in [0.1, 0.15) is 51.9 Å². The molecule has 0 saturated heterocycles. The lowest BCUT2D eigenvalue weighted by Crippen LogP contribution is -2.18. The van der Waals surface area contributed by atoms with E-state index in [1.54, 1.807) is 13.2 Å². The molecule has 1 saturated carbocycles. The number of carboxylic acid groups (broad SMARTS) is 1. The fourth-order valence-electron chi connectivity index (χ4n) is 3.27. The fraction of sp³-hybridized carbons (Fsp3) is 0.700. The lowest BCUT2D eigenvalue weighted by Gasteiger charge is -2.18. The SMILES string of the molecule is COCCC(C)C(O)/C=C/[C@H]1CCC(=O)[C@@H]1CCCC/C=C/C(=O)O. The Morgan fingerprint density at radius 2 is 2.16 bits per heavy atom. The Morgan fingerprint density at radius 3 is 2.84 bits per heavy atom. The predicted molar refractivity (Wildman–Crippen MR) is 97.3 cm³/mol. The first-order valence-corrected chi connectivity index (χ1v) is 9.23. The second-order valence-corrected chi connectivity index (χ2v) is 6.93. The number of ether oxygens (including phenoxy) is 1. The summed E-state index contributed by atoms with van der Waals surface area (Å²) in [6.45, 7) is 2.63. The number of aliphatic carboxylic acids is 1. The van der Waals surface area contributed by atoms with Gasteiger partial charge in [0, 0.05) is 32.1 Å². The van der Waals surface area contributed by atoms with Gasteiger partial charge in [-0.2, -0.15) is 0 Å². The summed E-state index contributed by atoms with van der Waals surface area (Å²) in [5.41, 5.74) is 0. The van der Waals surface area contributed by atoms with Crippen LogP contribution in [-0.4, -0.2) is 41.8 Å². The van der Waals surface area contributed by atoms with Crippen molar-refractivity contribution in [3.05, 3.63) is 24.3 Å². The van der Waals surface area contributed by atoms with Crippen LogP contribution in [0, 0.1) is 17.8 Å². The molecule has 0 aromatic rings. The van der Waals surface area contributed by atoms with E-state index in [9.17, 15) is 14.7 Å². The topological polar surface area (TPSA) is 83.8 Å². The van der Waals surface area contributed by atoms with E-state index < -0.39 is 12.1 Å². The molecule has 2 N–H and O–H groups in total. The maximum atomic E-state index is 12.1. The molecule has 1 fully saturated rings. The number of carboxylic acids is 1. The fourth-order valence-corrected chi connectivity index (χ4v) is 3.27. The van der Waals surface area contributed by atoms with Gasteiger partial charge < -0.3 is 14.9 Å². The lowest BCUT2D eigenvalue weighted by molar-refractivity contribution is -0.131. The number of aliphatic hydroxyl groups excluding tert-OH is 1. The second-order valence-electron chi connectivity index (χ2n) is 6.93. The highest BCUT2D eigenvalue weighted by molar-refractivity contribution is 5.83. The molecule has 1 aliphatic carbocycles. The van der Waals surface area contributed by atoms with Gasteiger partial charge in [-0.1, -0.05) is 31.6 Å². The van der Waals surface area contributed by atoms with Crippen molar-refractivity contribution in [1.82, 2.24) is 0 Å². The van der Waals surface area contributed by atoms with Crippen LogP contribution < -0.4 is 0 Å². The Labute approximate surface area is 150 Å². The molecule has 1 rings (SSSR count). The molecule has 0 heterocycles. The Morgan fingerprint density at radius 1 is 1.40 bits per heavy atom. The van der Waals surface area contributed by atoms with Gasteiger partial charge in [-0.25, -0.2) is 4.79 Å². The van der Waals surface area contributed by atoms with Gasteiger partial charge in [0.05, 0.1) is 6.10 Å². The molecule has 0 amide bonds. The summed E-state index contributed by atoms with van der Waals surface area (Å²) < 4.78 is 5.04. The van der Waals surface area contributed by atoms with Gasteiger partial charge in [-0.3, -0.25) is 4.79 Å². The Bertz CT molecular complexity index is 469. The van der Waals surface area contributed by atoms with Crippen LogP contribution in [0.5, 0.6) is 0 Å². The normalized spacial score (nSPS) is 23.6. The number of carbonyl (C=O) groups excluding carboxylic acids is 1. The van der Waals surface area contributed by atoms with Crippen molar-refractivity contribution in [2.24, 2.45) is 17.8 Å². The standard InChI is InChI=1S/C20H32O5/c1-15(13-14-25-2)18(21)11-9-16-10-12-19(22)17(16)7-5-3-4-6-8-20(23)24/h6,8-9,11,15-18,21H,3-5,7,10,12-14H2,1-2H3,(H,23,24)/b8-6+,11-9+/t15?,16-,17+,18?/m0/s1. The highest BCUT2D eigenvalue weighted by Crippen LogP contribution is 2.34. The predicted octanol–water partition coefficient (Wildman–Crippen LogP) is 3.37. The number of hydrogen-bond acceptors (Lipinski definition) is 4. The third-order valence-corrected chi connectivity index (χ3v) is 4.97. The second kappa shape index (κ2) is 12.0. The summed E-state index contributed by atoms with van der Waals surface area (Å²) in [7, 11) is 1.65. The third-order valence-electron chi connectivity index (χ3n) is 4.97. The minimum atomic E-state index is -0.922. The van der Waals surface area contributed by atoms with E-state index in [0.29, 0.717) is 18.8 Å². The molecule has 4 atom stereocenters. The molecule has 0 aliphatic heterocycles. The number of allylic oxidation sites excluding steroid dienone is 2. The van der Waals surface area contributed by atoms with Gasteiger partial charge >= 0.3 is 5.97 Å². The molecule has 25 heavy (non-hydrogen) atoms. The molecular weight excluding hydrogens is 320 g/mol. The summed E-state index contributed by atoms with van der Waals surface area (Å²) in [6, 6.07) is 0. The molecular formula is C20H32O5. The van der Waals surface area contributed by atoms with E-state index in [1.807, 2.05) is 19.1 Å². The monoisotopic (exact) mass is 352 g/mol. The van der Waals surface area contributed by atoms with E-state index in [1.165, 1.54) is 6.08 Å². The van der Waals surface area contributed by atoms with Gasteiger partial charge in [0.25, 0.3) is 0 Å². The molecule has 142 valence electrons. The number of aliphatic hydroxyl groups is 1. The molecule has 5 heteroatoms. The number of hydrogen-bond donors (Lipinski definition) is 2. The third kappa shape index (κ3) is 8.45. The molecule has 5 nitrogen and oxygen atoms in total. The largest absolute Gasteiger partial charge is 0.478 e. The average Bonchev–Trinajstić information content (AvgIpc) is 2.93. The molecule has 0 spiro atoms. The first-order chi connectivity index (χ1) is 12.0. The van der Waals surface area contributed by atoms with Crippen molar-refractivity contribution in [3.63, 3.8) is 0 Å². The summed E-state index contributed by atoms with van der Waals surface area (Å²) in [5.74, 6) is -0.215. The minimum absolute atomic E-state index is 0.0428. The van der Waals surface area contributed by atoms with Crippen LogP contribution in [0.4, 0.5) is 0 Å². The number of ketones is 1. The van der Waals surface area contributed by atoms with Crippen LogP contribution in [0.3, 0.4) is 0 Å². The van der Waals surface area contributed by atoms with Gasteiger partial charge in [0.15, 0.2) is 0 Å². The first kappa shape index (κ1) is 21.6. The Hall–Kier alpha value is -1.46. The zero-order valence-electron chi connectivity index (χ0n) is 15.4. The van der Waals surface area contributed by atoms with E-state index in [4.69, 9.17) is 9.84 Å². The summed E-state index contributed by atoms with van der Waals surface area (Å²) in [5, 5.41) is 18.7. The summed E-state index contributed by atoms with van der Waals surface area (Å²) in [6.07, 6.45) is 11.8. The lowest BCUT2D eigenvalue weighted by atomic mass is 9.89. The van der Waals surface area contributed by atoms with Gasteiger partial charge in [0.1, 0.15) is 5.78 Å². The molecule has 0 radical (unpaired) electrons. The highest BCUT2D eigenvalue weighted by Gasteiger charge is 2.32. The van der Waals surface area contributed by atoms with Crippen molar-refractivity contribution < 1.29 is 24.5 Å². The van der Waals surface area contributed by atoms with Crippen molar-refractivity contribution in [2.75, 3.05) is 13.7 Å². The maximum Gasteiger partial charge on any atom is 0.327 e. The van der Waals surface area contributed by atoms with Crippen LogP contribution >= 0.6 is 0 Å². The van der Waals surface area contributed by atoms with Crippen LogP contribution in [0.15, 0.2) is 24.3 Å². The molecule has 0 aromatic heterocycles. The van der Waals surface area contributed by atoms with E-state index in [-0.39, 0.29) is 17.8 Å². The molecule has 0 aromatic carbocycles. The number of unbranched alkanes of at least 4 members (excludes halogenated alkanes) is 2. The van der Waals surface area contributed by atoms with E-state index in [2.05, 4.69) is 0 Å². The van der Waals surface area contributed by atoms with Crippen molar-refractivity contribution >= 4 is 11.8 Å². The van der Waals surface area contributed by atoms with Crippen LogP contribution in [0.25, 0.3) is 0 Å². The van der Waals surface area contributed by atoms with E-state index in [0.717, 1.165) is 38.5 Å². The maximum absolute atomic E-state index is 12.1. The summed E-state index contributed by atoms with van der Waals surface area (Å²) >= 11 is 0. The molecule has 0 bridgehead atoms. The molecule has 2 unspecified atom stereocenters. The zero-order chi connectivity index (χ0) is 18.7. The first-order valence-electron chi connectivity index (χ1n) is 9.23. The van der Waals surface area contributed by atoms with Gasteiger partial charge in [-0.05, 0) is 43.9 Å². The Balaban J connectivity index is 2.40. The average molecular weight is 352 g/mol. The quantitative estimate of drug-likeness (QED) is 0.320. The number of carbonyl (C=O) groups is 2. The van der Waals surface area contributed by atoms with Crippen LogP contribution in [0.2, 0.25) is 0 Å². The summed E-state index contributed by atoms with van der Waals surface area (Å²) in [4.78, 5) is 22.5. The van der Waals surface area contributed by atoms with Crippen molar-refractivity contribution in [1.29, 1.82) is 0 Å². The van der Waals surface area contributed by atoms with Crippen LogP contribution in [-0.2, 0) is 14.3 Å². The minimum Gasteiger partial charge on any atom is -0.478 e. The highest BCUT2D eigenvalue weighted by atomic mass is 16.5. The number of Topliss-reactive ketones (excluding diaryl/α,β-unsaturated/α-hetero) is 1. The Kier molecular flexibility index (Phi) is 10.3. The van der Waals surface area contributed by atoms with Gasteiger partial charge in [0.2, 0.25) is 0 Å². The zero-order valence-corrected chi connectivity index (χ0v) is 15.4. The van der Waals surface area contributed by atoms with Crippen molar-refractivity contribution in [3.8, 4) is 0 Å².